The van der Waals surface area contributed by atoms with Crippen molar-refractivity contribution in [2.75, 3.05) is 19.9 Å². The van der Waals surface area contributed by atoms with Gasteiger partial charge in [0, 0.05) is 9.40 Å². The molecule has 5 heteroatoms. The number of amides is 1. The number of ether oxygens (including phenoxy) is 1. The van der Waals surface area contributed by atoms with Crippen LogP contribution in [0, 0.1) is 5.41 Å². The lowest BCUT2D eigenvalue weighted by atomic mass is 9.86. The van der Waals surface area contributed by atoms with Gasteiger partial charge in [-0.15, -0.1) is 0 Å². The van der Waals surface area contributed by atoms with Gasteiger partial charge in [-0.3, -0.25) is 4.79 Å². The molecule has 1 aliphatic heterocycles. The molecule has 5 nitrogen and oxygen atoms in total. The molecule has 0 bridgehead atoms. The van der Waals surface area contributed by atoms with Crippen molar-refractivity contribution in [2.45, 2.75) is 45.7 Å². The predicted molar refractivity (Wildman–Crippen MR) is 71.4 cm³/mol. The summed E-state index contributed by atoms with van der Waals surface area (Å²) < 4.78 is 5.21. The van der Waals surface area contributed by atoms with Gasteiger partial charge in [0.25, 0.3) is 0 Å². The summed E-state index contributed by atoms with van der Waals surface area (Å²) in [5, 5.41) is 0. The minimum Gasteiger partial charge on any atom is -0.364 e. The highest BCUT2D eigenvalue weighted by molar-refractivity contribution is 5.83. The monoisotopic (exact) mass is 247 g/mol. The van der Waals surface area contributed by atoms with E-state index in [1.54, 1.807) is 0 Å². The van der Waals surface area contributed by atoms with Crippen molar-refractivity contribution in [3.05, 3.63) is 0 Å². The maximum atomic E-state index is 12.3. The Balaban J connectivity index is 0. The van der Waals surface area contributed by atoms with Gasteiger partial charge in [0.2, 0.25) is 5.91 Å². The molecule has 4 N–H and O–H groups in total. The Morgan fingerprint density at radius 1 is 1.59 bits per heavy atom. The number of likely N-dealkylation sites (tertiary alicyclic amines) is 1. The van der Waals surface area contributed by atoms with Crippen molar-refractivity contribution < 1.29 is 12.4 Å². The molecule has 0 aromatic rings. The van der Waals surface area contributed by atoms with Gasteiger partial charge in [-0.2, -0.15) is 0 Å². The number of carbonyl (C=O) groups is 1. The van der Waals surface area contributed by atoms with E-state index < -0.39 is 6.04 Å². The number of hydrogen-bond acceptors (Lipinski definition) is 4. The Labute approximate surface area is 106 Å². The van der Waals surface area contributed by atoms with Crippen molar-refractivity contribution in [1.29, 1.82) is 0 Å². The Morgan fingerprint density at radius 2 is 2.24 bits per heavy atom. The van der Waals surface area contributed by atoms with Gasteiger partial charge < -0.3 is 21.1 Å². The molecule has 1 fully saturated rings. The summed E-state index contributed by atoms with van der Waals surface area (Å²) in [7, 11) is 0. The Hall–Kier alpha value is -0.650. The first-order chi connectivity index (χ1) is 7.88. The standard InChI is InChI=1S/C12H25N3O2.2H2/c1-12(2,3)10(14)11(16)15-6-4-5-9(15)7-17-8-13;;/h9-10H,4-8,13-14H2,1-3H3;2*1H/t9-,10+;;/m0../s1. The van der Waals surface area contributed by atoms with Crippen LogP contribution in [-0.4, -0.2) is 42.8 Å². The summed E-state index contributed by atoms with van der Waals surface area (Å²) >= 11 is 0. The minimum absolute atomic E-state index is 0. The van der Waals surface area contributed by atoms with Gasteiger partial charge in [0.1, 0.15) is 0 Å². The molecule has 104 valence electrons. The van der Waals surface area contributed by atoms with Crippen LogP contribution >= 0.6 is 0 Å². The Bertz CT molecular complexity index is 272. The van der Waals surface area contributed by atoms with Gasteiger partial charge in [-0.25, -0.2) is 0 Å². The first-order valence-corrected chi connectivity index (χ1v) is 6.21. The fourth-order valence-electron chi connectivity index (χ4n) is 2.05. The summed E-state index contributed by atoms with van der Waals surface area (Å²) in [4.78, 5) is 14.1. The van der Waals surface area contributed by atoms with Gasteiger partial charge >= 0.3 is 0 Å². The third-order valence-electron chi connectivity index (χ3n) is 3.29. The van der Waals surface area contributed by atoms with E-state index in [1.165, 1.54) is 0 Å². The van der Waals surface area contributed by atoms with E-state index in [1.807, 2.05) is 25.7 Å². The third kappa shape index (κ3) is 3.66. The molecule has 1 amide bonds. The van der Waals surface area contributed by atoms with Crippen LogP contribution in [0.3, 0.4) is 0 Å². The van der Waals surface area contributed by atoms with Crippen molar-refractivity contribution in [1.82, 2.24) is 4.90 Å². The zero-order chi connectivity index (χ0) is 13.1. The lowest BCUT2D eigenvalue weighted by Gasteiger charge is -2.32. The summed E-state index contributed by atoms with van der Waals surface area (Å²) in [6.45, 7) is 7.44. The predicted octanol–water partition coefficient (Wildman–Crippen LogP) is 0.776. The first-order valence-electron chi connectivity index (χ1n) is 6.21. The second kappa shape index (κ2) is 5.80. The molecule has 0 aliphatic carbocycles. The smallest absolute Gasteiger partial charge is 0.240 e. The fraction of sp³-hybridized carbons (Fsp3) is 0.917. The first kappa shape index (κ1) is 14.4. The van der Waals surface area contributed by atoms with Crippen LogP contribution in [0.5, 0.6) is 0 Å². The number of carbonyl (C=O) groups excluding carboxylic acids is 1. The van der Waals surface area contributed by atoms with Crippen LogP contribution in [0.2, 0.25) is 0 Å². The van der Waals surface area contributed by atoms with Crippen molar-refractivity contribution >= 4 is 5.91 Å². The zero-order valence-corrected chi connectivity index (χ0v) is 11.1. The lowest BCUT2D eigenvalue weighted by molar-refractivity contribution is -0.136. The molecule has 2 atom stereocenters. The second-order valence-electron chi connectivity index (χ2n) is 5.71. The molecule has 1 rings (SSSR count). The quantitative estimate of drug-likeness (QED) is 0.719. The van der Waals surface area contributed by atoms with Gasteiger partial charge in [0.05, 0.1) is 25.4 Å². The maximum absolute atomic E-state index is 12.3. The largest absolute Gasteiger partial charge is 0.364 e. The fourth-order valence-corrected chi connectivity index (χ4v) is 2.05. The normalized spacial score (nSPS) is 22.9. The molecule has 1 saturated heterocycles. The van der Waals surface area contributed by atoms with Crippen LogP contribution in [0.25, 0.3) is 0 Å². The van der Waals surface area contributed by atoms with E-state index in [0.29, 0.717) is 6.61 Å². The molecule has 1 heterocycles. The molecule has 0 aromatic carbocycles. The highest BCUT2D eigenvalue weighted by atomic mass is 16.5. The summed E-state index contributed by atoms with van der Waals surface area (Å²) in [6, 6.07) is -0.319. The van der Waals surface area contributed by atoms with Crippen molar-refractivity contribution in [2.24, 2.45) is 16.9 Å². The topological polar surface area (TPSA) is 81.6 Å². The van der Waals surface area contributed by atoms with Crippen LogP contribution in [0.4, 0.5) is 0 Å². The van der Waals surface area contributed by atoms with Gasteiger partial charge in [-0.1, -0.05) is 20.8 Å². The average molecular weight is 247 g/mol. The van der Waals surface area contributed by atoms with E-state index in [-0.39, 0.29) is 26.9 Å². The van der Waals surface area contributed by atoms with Gasteiger partial charge in [0.15, 0.2) is 0 Å². The molecule has 0 radical (unpaired) electrons. The van der Waals surface area contributed by atoms with E-state index in [2.05, 4.69) is 0 Å². The molecule has 0 aromatic heterocycles. The molecule has 0 spiro atoms. The number of nitrogens with two attached hydrogens (primary N) is 2. The van der Waals surface area contributed by atoms with E-state index in [9.17, 15) is 4.79 Å². The third-order valence-corrected chi connectivity index (χ3v) is 3.29. The molecule has 17 heavy (non-hydrogen) atoms. The number of hydrogen-bond donors (Lipinski definition) is 2. The minimum atomic E-state index is -0.457. The lowest BCUT2D eigenvalue weighted by Crippen LogP contribution is -2.52. The van der Waals surface area contributed by atoms with Crippen molar-refractivity contribution in [3.63, 3.8) is 0 Å². The summed E-state index contributed by atoms with van der Waals surface area (Å²) in [5.74, 6) is 0.0284. The number of rotatable bonds is 4. The molecular weight excluding hydrogens is 218 g/mol. The van der Waals surface area contributed by atoms with Crippen LogP contribution < -0.4 is 11.5 Å². The Kier molecular flexibility index (Phi) is 4.91. The summed E-state index contributed by atoms with van der Waals surface area (Å²) in [5.41, 5.74) is 11.1. The summed E-state index contributed by atoms with van der Waals surface area (Å²) in [6.07, 6.45) is 1.99. The van der Waals surface area contributed by atoms with Gasteiger partial charge in [-0.05, 0) is 18.3 Å². The van der Waals surface area contributed by atoms with E-state index >= 15 is 0 Å². The molecule has 1 aliphatic rings. The van der Waals surface area contributed by atoms with E-state index in [0.717, 1.165) is 19.4 Å². The Morgan fingerprint density at radius 3 is 2.76 bits per heavy atom. The van der Waals surface area contributed by atoms with Crippen LogP contribution in [0.1, 0.15) is 36.5 Å². The van der Waals surface area contributed by atoms with E-state index in [4.69, 9.17) is 16.2 Å². The van der Waals surface area contributed by atoms with Crippen LogP contribution in [0.15, 0.2) is 0 Å². The zero-order valence-electron chi connectivity index (χ0n) is 11.1. The molecular formula is C12H29N3O2. The molecule has 0 saturated carbocycles. The maximum Gasteiger partial charge on any atom is 0.240 e. The highest BCUT2D eigenvalue weighted by Crippen LogP contribution is 2.24. The SMILES string of the molecule is CC(C)(C)[C@H](N)C(=O)N1CCC[C@H]1COCN.[HH].[HH]. The average Bonchev–Trinajstić information content (AvgIpc) is 2.71. The molecule has 0 unspecified atom stereocenters. The second-order valence-corrected chi connectivity index (χ2v) is 5.71. The highest BCUT2D eigenvalue weighted by Gasteiger charge is 2.36. The van der Waals surface area contributed by atoms with Crippen molar-refractivity contribution in [3.8, 4) is 0 Å². The number of nitrogens with zero attached hydrogens (tertiary/aromatic N) is 1. The van der Waals surface area contributed by atoms with Crippen LogP contribution in [-0.2, 0) is 9.53 Å².